The molecule has 0 unspecified atom stereocenters. The van der Waals surface area contributed by atoms with E-state index in [2.05, 4.69) is 37.0 Å². The number of hydrogen-bond acceptors (Lipinski definition) is 8. The van der Waals surface area contributed by atoms with E-state index in [1.165, 1.54) is 58.1 Å². The third-order valence-corrected chi connectivity index (χ3v) is 7.12. The summed E-state index contributed by atoms with van der Waals surface area (Å²) in [5.74, 6) is -0.0454. The zero-order valence-electron chi connectivity index (χ0n) is 23.5. The molecule has 1 fully saturated rings. The fourth-order valence-corrected chi connectivity index (χ4v) is 5.10. The van der Waals surface area contributed by atoms with Gasteiger partial charge in [0.1, 0.15) is 24.5 Å². The Morgan fingerprint density at radius 3 is 2.61 bits per heavy atom. The molecule has 5 rings (SSSR count). The Kier molecular flexibility index (Phi) is 9.13. The van der Waals surface area contributed by atoms with Gasteiger partial charge in [-0.25, -0.2) is 14.5 Å². The molecule has 44 heavy (non-hydrogen) atoms. The first-order valence-electron chi connectivity index (χ1n) is 13.4. The molecule has 3 amide bonds. The summed E-state index contributed by atoms with van der Waals surface area (Å²) >= 11 is 1.20. The summed E-state index contributed by atoms with van der Waals surface area (Å²) in [6.07, 6.45) is -0.218. The minimum absolute atomic E-state index is 0.0395. The van der Waals surface area contributed by atoms with Gasteiger partial charge >= 0.3 is 18.4 Å². The standard InChI is InChI=1S/C29H26F3N7O4S/c1-3-4-20-7-5-18(2)13-23(20)39-25(40)16-44-28(39)36-26(41)35-24-12-6-19(14-33-24)15-42-27-34-17-38(37-27)21-8-10-22(11-9-21)43-29(30,31)32/h5-14,17H,3-4,15-16H2,1-2H3,(H,33,35,41)/b36-28-. The number of nitrogens with one attached hydrogen (secondary N) is 1. The van der Waals surface area contributed by atoms with E-state index in [0.29, 0.717) is 16.4 Å². The fraction of sp³-hybridized carbons (Fsp3) is 0.241. The number of amides is 3. The number of nitrogens with zero attached hydrogens (tertiary/aromatic N) is 6. The number of aromatic nitrogens is 4. The third-order valence-electron chi connectivity index (χ3n) is 6.20. The van der Waals surface area contributed by atoms with E-state index in [1.807, 2.05) is 25.1 Å². The molecule has 0 radical (unpaired) electrons. The molecule has 0 saturated carbocycles. The number of ether oxygens (including phenoxy) is 2. The summed E-state index contributed by atoms with van der Waals surface area (Å²) in [4.78, 5) is 39.4. The molecule has 3 heterocycles. The lowest BCUT2D eigenvalue weighted by atomic mass is 10.0. The molecule has 0 aliphatic carbocycles. The number of carbonyl (C=O) groups excluding carboxylic acids is 2. The number of halogens is 3. The highest BCUT2D eigenvalue weighted by Crippen LogP contribution is 2.31. The van der Waals surface area contributed by atoms with Crippen molar-refractivity contribution in [2.45, 2.75) is 39.7 Å². The fourth-order valence-electron chi connectivity index (χ4n) is 4.24. The number of carbonyl (C=O) groups is 2. The molecule has 1 aliphatic heterocycles. The number of benzene rings is 2. The molecular weight excluding hydrogens is 599 g/mol. The van der Waals surface area contributed by atoms with Gasteiger partial charge in [0, 0.05) is 11.8 Å². The molecule has 15 heteroatoms. The first-order valence-corrected chi connectivity index (χ1v) is 14.4. The molecule has 4 aromatic rings. The number of amidine groups is 1. The second-order valence-electron chi connectivity index (χ2n) is 9.58. The van der Waals surface area contributed by atoms with E-state index in [4.69, 9.17) is 4.74 Å². The highest BCUT2D eigenvalue weighted by Gasteiger charge is 2.32. The van der Waals surface area contributed by atoms with Crippen LogP contribution in [0, 0.1) is 6.92 Å². The van der Waals surface area contributed by atoms with Crippen LogP contribution in [0.4, 0.5) is 29.5 Å². The van der Waals surface area contributed by atoms with Crippen LogP contribution < -0.4 is 19.7 Å². The Morgan fingerprint density at radius 1 is 1.11 bits per heavy atom. The summed E-state index contributed by atoms with van der Waals surface area (Å²) in [5.41, 5.74) is 3.86. The van der Waals surface area contributed by atoms with E-state index >= 15 is 0 Å². The minimum Gasteiger partial charge on any atom is -0.457 e. The van der Waals surface area contributed by atoms with Gasteiger partial charge in [-0.15, -0.1) is 18.3 Å². The highest BCUT2D eigenvalue weighted by atomic mass is 32.2. The Balaban J connectivity index is 1.17. The van der Waals surface area contributed by atoms with E-state index < -0.39 is 12.4 Å². The number of aryl methyl sites for hydroxylation is 2. The number of pyridine rings is 1. The average molecular weight is 626 g/mol. The van der Waals surface area contributed by atoms with Crippen molar-refractivity contribution < 1.29 is 32.2 Å². The molecule has 1 saturated heterocycles. The monoisotopic (exact) mass is 625 g/mol. The molecule has 0 spiro atoms. The zero-order valence-corrected chi connectivity index (χ0v) is 24.4. The van der Waals surface area contributed by atoms with Crippen LogP contribution in [0.15, 0.2) is 72.1 Å². The highest BCUT2D eigenvalue weighted by molar-refractivity contribution is 8.15. The minimum atomic E-state index is -4.78. The van der Waals surface area contributed by atoms with Crippen LogP contribution in [0.2, 0.25) is 0 Å². The summed E-state index contributed by atoms with van der Waals surface area (Å²) in [5, 5.41) is 7.08. The zero-order chi connectivity index (χ0) is 31.3. The maximum atomic E-state index is 12.7. The number of hydrogen-bond donors (Lipinski definition) is 1. The lowest BCUT2D eigenvalue weighted by molar-refractivity contribution is -0.274. The molecule has 11 nitrogen and oxygen atoms in total. The van der Waals surface area contributed by atoms with Gasteiger partial charge in [0.25, 0.3) is 0 Å². The van der Waals surface area contributed by atoms with Crippen molar-refractivity contribution in [2.24, 2.45) is 4.99 Å². The van der Waals surface area contributed by atoms with Crippen molar-refractivity contribution in [3.05, 3.63) is 83.8 Å². The van der Waals surface area contributed by atoms with Gasteiger partial charge in [0.2, 0.25) is 5.91 Å². The van der Waals surface area contributed by atoms with Crippen LogP contribution in [-0.4, -0.2) is 49.0 Å². The number of alkyl halides is 3. The lowest BCUT2D eigenvalue weighted by Gasteiger charge is -2.20. The SMILES string of the molecule is CCCc1ccc(C)cc1N1C(=O)CS/C1=N\C(=O)Nc1ccc(COc2ncn(-c3ccc(OC(F)(F)F)cc3)n2)cn1. The predicted octanol–water partition coefficient (Wildman–Crippen LogP) is 6.07. The summed E-state index contributed by atoms with van der Waals surface area (Å²) in [7, 11) is 0. The Bertz CT molecular complexity index is 1680. The summed E-state index contributed by atoms with van der Waals surface area (Å²) in [6.45, 7) is 4.08. The van der Waals surface area contributed by atoms with E-state index in [1.54, 1.807) is 12.1 Å². The Morgan fingerprint density at radius 2 is 1.91 bits per heavy atom. The van der Waals surface area contributed by atoms with Crippen LogP contribution in [-0.2, 0) is 17.8 Å². The van der Waals surface area contributed by atoms with Gasteiger partial charge in [-0.2, -0.15) is 9.98 Å². The Labute approximate surface area is 254 Å². The Hall–Kier alpha value is -4.92. The molecule has 0 atom stereocenters. The van der Waals surface area contributed by atoms with E-state index in [0.717, 1.165) is 29.7 Å². The number of anilines is 2. The quantitative estimate of drug-likeness (QED) is 0.238. The normalized spacial score (nSPS) is 14.2. The number of rotatable bonds is 9. The topological polar surface area (TPSA) is 124 Å². The summed E-state index contributed by atoms with van der Waals surface area (Å²) in [6, 6.07) is 13.7. The van der Waals surface area contributed by atoms with Gasteiger partial charge in [-0.3, -0.25) is 15.0 Å². The second kappa shape index (κ2) is 13.2. The maximum Gasteiger partial charge on any atom is 0.573 e. The first kappa shape index (κ1) is 30.5. The van der Waals surface area contributed by atoms with E-state index in [9.17, 15) is 22.8 Å². The van der Waals surface area contributed by atoms with Gasteiger partial charge in [-0.05, 0) is 60.9 Å². The molecular formula is C29H26F3N7O4S. The third kappa shape index (κ3) is 7.72. The second-order valence-corrected chi connectivity index (χ2v) is 10.5. The average Bonchev–Trinajstić information content (AvgIpc) is 3.60. The van der Waals surface area contributed by atoms with E-state index in [-0.39, 0.29) is 35.8 Å². The molecule has 2 aromatic heterocycles. The van der Waals surface area contributed by atoms with Crippen LogP contribution in [0.3, 0.4) is 0 Å². The van der Waals surface area contributed by atoms with Crippen LogP contribution >= 0.6 is 11.8 Å². The van der Waals surface area contributed by atoms with Crippen molar-refractivity contribution in [1.82, 2.24) is 19.7 Å². The molecule has 228 valence electrons. The maximum absolute atomic E-state index is 12.7. The van der Waals surface area contributed by atoms with Crippen LogP contribution in [0.1, 0.15) is 30.0 Å². The lowest BCUT2D eigenvalue weighted by Crippen LogP contribution is -2.31. The van der Waals surface area contributed by atoms with Crippen LogP contribution in [0.25, 0.3) is 5.69 Å². The van der Waals surface area contributed by atoms with Crippen LogP contribution in [0.5, 0.6) is 11.8 Å². The molecule has 1 N–H and O–H groups in total. The smallest absolute Gasteiger partial charge is 0.457 e. The number of thioether (sulfide) groups is 1. The largest absolute Gasteiger partial charge is 0.573 e. The number of aliphatic imine (C=N–C) groups is 1. The molecule has 0 bridgehead atoms. The van der Waals surface area contributed by atoms with Crippen molar-refractivity contribution in [1.29, 1.82) is 0 Å². The first-order chi connectivity index (χ1) is 21.1. The van der Waals surface area contributed by atoms with Crippen molar-refractivity contribution in [2.75, 3.05) is 16.0 Å². The van der Waals surface area contributed by atoms with Crippen molar-refractivity contribution >= 4 is 40.4 Å². The predicted molar refractivity (Wildman–Crippen MR) is 158 cm³/mol. The van der Waals surface area contributed by atoms with Crippen molar-refractivity contribution in [3.63, 3.8) is 0 Å². The molecule has 1 aliphatic rings. The molecule has 2 aromatic carbocycles. The van der Waals surface area contributed by atoms with Crippen molar-refractivity contribution in [3.8, 4) is 17.4 Å². The van der Waals surface area contributed by atoms with Gasteiger partial charge in [0.05, 0.1) is 17.1 Å². The van der Waals surface area contributed by atoms with Gasteiger partial charge < -0.3 is 9.47 Å². The summed E-state index contributed by atoms with van der Waals surface area (Å²) < 4.78 is 47.9. The van der Waals surface area contributed by atoms with Gasteiger partial charge in [-0.1, -0.05) is 43.3 Å². The number of urea groups is 1. The van der Waals surface area contributed by atoms with Gasteiger partial charge in [0.15, 0.2) is 5.17 Å².